The van der Waals surface area contributed by atoms with E-state index in [1.165, 1.54) is 11.1 Å². The van der Waals surface area contributed by atoms with Crippen molar-refractivity contribution < 1.29 is 4.79 Å². The molecule has 90 valence electrons. The monoisotopic (exact) mass is 229 g/mol. The van der Waals surface area contributed by atoms with Crippen molar-refractivity contribution in [3.05, 3.63) is 29.3 Å². The standard InChI is InChI=1S/C15H19NO/c1-4-15-8-12(15)11-6-5-10(9(2)3)7-13(11)16-14(15)17/h5-7,9,12H,4,8H2,1-3H3,(H,16,17)/t12?,15-/m0/s1. The maximum atomic E-state index is 12.1. The van der Waals surface area contributed by atoms with Crippen molar-refractivity contribution in [2.24, 2.45) is 5.41 Å². The number of rotatable bonds is 2. The smallest absolute Gasteiger partial charge is 0.231 e. The number of carbonyl (C=O) groups is 1. The Hall–Kier alpha value is -1.31. The van der Waals surface area contributed by atoms with Crippen LogP contribution in [0.2, 0.25) is 0 Å². The molecule has 0 radical (unpaired) electrons. The molecule has 1 aromatic rings. The van der Waals surface area contributed by atoms with Crippen molar-refractivity contribution in [2.45, 2.75) is 45.4 Å². The number of carbonyl (C=O) groups excluding carboxylic acids is 1. The number of amides is 1. The number of hydrogen-bond acceptors (Lipinski definition) is 1. The first kappa shape index (κ1) is 10.8. The maximum absolute atomic E-state index is 12.1. The van der Waals surface area contributed by atoms with Crippen molar-refractivity contribution in [3.63, 3.8) is 0 Å². The highest BCUT2D eigenvalue weighted by Gasteiger charge is 2.61. The SMILES string of the molecule is CC[C@]12CC1c1ccc(C(C)C)cc1NC2=O. The molecule has 2 nitrogen and oxygen atoms in total. The number of hydrogen-bond donors (Lipinski definition) is 1. The van der Waals surface area contributed by atoms with Crippen LogP contribution < -0.4 is 5.32 Å². The van der Waals surface area contributed by atoms with Crippen molar-refractivity contribution in [1.29, 1.82) is 0 Å². The summed E-state index contributed by atoms with van der Waals surface area (Å²) in [4.78, 5) is 12.1. The topological polar surface area (TPSA) is 29.1 Å². The number of nitrogens with one attached hydrogen (secondary N) is 1. The van der Waals surface area contributed by atoms with E-state index in [0.29, 0.717) is 11.8 Å². The van der Waals surface area contributed by atoms with Gasteiger partial charge in [-0.1, -0.05) is 32.9 Å². The van der Waals surface area contributed by atoms with Gasteiger partial charge in [0.05, 0.1) is 5.41 Å². The van der Waals surface area contributed by atoms with E-state index < -0.39 is 0 Å². The summed E-state index contributed by atoms with van der Waals surface area (Å²) >= 11 is 0. The third kappa shape index (κ3) is 1.36. The lowest BCUT2D eigenvalue weighted by Gasteiger charge is -2.24. The number of fused-ring (bicyclic) bond motifs is 3. The second-order valence-electron chi connectivity index (χ2n) is 5.72. The molecule has 17 heavy (non-hydrogen) atoms. The molecule has 2 aliphatic rings. The predicted molar refractivity (Wildman–Crippen MR) is 69.2 cm³/mol. The largest absolute Gasteiger partial charge is 0.325 e. The molecule has 1 amide bonds. The Morgan fingerprint density at radius 2 is 2.24 bits per heavy atom. The maximum Gasteiger partial charge on any atom is 0.231 e. The summed E-state index contributed by atoms with van der Waals surface area (Å²) in [6.07, 6.45) is 1.98. The molecule has 0 saturated heterocycles. The summed E-state index contributed by atoms with van der Waals surface area (Å²) in [6.45, 7) is 6.48. The molecule has 1 heterocycles. The Morgan fingerprint density at radius 1 is 1.47 bits per heavy atom. The van der Waals surface area contributed by atoms with Gasteiger partial charge in [0, 0.05) is 11.6 Å². The minimum Gasteiger partial charge on any atom is -0.325 e. The molecule has 3 rings (SSSR count). The fourth-order valence-corrected chi connectivity index (χ4v) is 3.11. The van der Waals surface area contributed by atoms with E-state index in [1.54, 1.807) is 0 Å². The van der Waals surface area contributed by atoms with Gasteiger partial charge in [-0.25, -0.2) is 0 Å². The molecular weight excluding hydrogens is 210 g/mol. The van der Waals surface area contributed by atoms with Crippen molar-refractivity contribution >= 4 is 11.6 Å². The highest BCUT2D eigenvalue weighted by molar-refractivity contribution is 6.02. The molecule has 1 fully saturated rings. The zero-order valence-electron chi connectivity index (χ0n) is 10.7. The molecular formula is C15H19NO. The summed E-state index contributed by atoms with van der Waals surface area (Å²) in [5, 5.41) is 3.10. The van der Waals surface area contributed by atoms with Crippen molar-refractivity contribution in [1.82, 2.24) is 0 Å². The van der Waals surface area contributed by atoms with Gasteiger partial charge >= 0.3 is 0 Å². The van der Waals surface area contributed by atoms with E-state index in [2.05, 4.69) is 44.3 Å². The van der Waals surface area contributed by atoms with Gasteiger partial charge in [0.15, 0.2) is 0 Å². The van der Waals surface area contributed by atoms with Crippen LogP contribution in [0.25, 0.3) is 0 Å². The molecule has 0 spiro atoms. The molecule has 1 saturated carbocycles. The molecule has 1 aromatic carbocycles. The molecule has 1 aliphatic heterocycles. The summed E-state index contributed by atoms with van der Waals surface area (Å²) in [6, 6.07) is 6.57. The van der Waals surface area contributed by atoms with Crippen LogP contribution in [0.4, 0.5) is 5.69 Å². The summed E-state index contributed by atoms with van der Waals surface area (Å²) in [7, 11) is 0. The molecule has 1 aliphatic carbocycles. The lowest BCUT2D eigenvalue weighted by Crippen LogP contribution is -2.29. The summed E-state index contributed by atoms with van der Waals surface area (Å²) < 4.78 is 0. The second-order valence-corrected chi connectivity index (χ2v) is 5.72. The molecule has 0 bridgehead atoms. The van der Waals surface area contributed by atoms with E-state index in [9.17, 15) is 4.79 Å². The van der Waals surface area contributed by atoms with Crippen LogP contribution in [-0.2, 0) is 4.79 Å². The van der Waals surface area contributed by atoms with Gasteiger partial charge in [-0.3, -0.25) is 4.79 Å². The zero-order valence-corrected chi connectivity index (χ0v) is 10.7. The molecule has 1 unspecified atom stereocenters. The Kier molecular flexibility index (Phi) is 2.13. The van der Waals surface area contributed by atoms with E-state index in [0.717, 1.165) is 18.5 Å². The molecule has 1 N–H and O–H groups in total. The molecule has 2 heteroatoms. The van der Waals surface area contributed by atoms with E-state index in [4.69, 9.17) is 0 Å². The predicted octanol–water partition coefficient (Wildman–Crippen LogP) is 3.65. The Balaban J connectivity index is 2.03. The summed E-state index contributed by atoms with van der Waals surface area (Å²) in [5.41, 5.74) is 3.61. The second kappa shape index (κ2) is 3.34. The van der Waals surface area contributed by atoms with Crippen LogP contribution in [0.15, 0.2) is 18.2 Å². The summed E-state index contributed by atoms with van der Waals surface area (Å²) in [5.74, 6) is 1.21. The number of anilines is 1. The zero-order chi connectivity index (χ0) is 12.2. The fourth-order valence-electron chi connectivity index (χ4n) is 3.11. The quantitative estimate of drug-likeness (QED) is 0.824. The molecule has 2 atom stereocenters. The van der Waals surface area contributed by atoms with Crippen LogP contribution in [0.5, 0.6) is 0 Å². The highest BCUT2D eigenvalue weighted by atomic mass is 16.2. The lowest BCUT2D eigenvalue weighted by molar-refractivity contribution is -0.121. The van der Waals surface area contributed by atoms with Gasteiger partial charge in [-0.05, 0) is 36.0 Å². The third-order valence-electron chi connectivity index (χ3n) is 4.53. The van der Waals surface area contributed by atoms with E-state index >= 15 is 0 Å². The lowest BCUT2D eigenvalue weighted by atomic mass is 9.89. The highest BCUT2D eigenvalue weighted by Crippen LogP contribution is 2.65. The Labute approximate surface area is 102 Å². The van der Waals surface area contributed by atoms with Crippen molar-refractivity contribution in [2.75, 3.05) is 5.32 Å². The first-order valence-corrected chi connectivity index (χ1v) is 6.54. The van der Waals surface area contributed by atoms with Gasteiger partial charge in [0.25, 0.3) is 0 Å². The minimum absolute atomic E-state index is 0.0770. The van der Waals surface area contributed by atoms with Gasteiger partial charge in [0.1, 0.15) is 0 Å². The third-order valence-corrected chi connectivity index (χ3v) is 4.53. The van der Waals surface area contributed by atoms with E-state index in [1.807, 2.05) is 0 Å². The first-order valence-electron chi connectivity index (χ1n) is 6.54. The van der Waals surface area contributed by atoms with Gasteiger partial charge < -0.3 is 5.32 Å². The Morgan fingerprint density at radius 3 is 2.88 bits per heavy atom. The average Bonchev–Trinajstić information content (AvgIpc) is 3.05. The van der Waals surface area contributed by atoms with Crippen LogP contribution in [0.1, 0.15) is 56.6 Å². The van der Waals surface area contributed by atoms with Crippen LogP contribution in [-0.4, -0.2) is 5.91 Å². The van der Waals surface area contributed by atoms with Crippen LogP contribution in [0, 0.1) is 5.41 Å². The molecule has 0 aromatic heterocycles. The Bertz CT molecular complexity index is 492. The van der Waals surface area contributed by atoms with Gasteiger partial charge in [-0.2, -0.15) is 0 Å². The fraction of sp³-hybridized carbons (Fsp3) is 0.533. The average molecular weight is 229 g/mol. The minimum atomic E-state index is -0.0770. The van der Waals surface area contributed by atoms with Crippen LogP contribution >= 0.6 is 0 Å². The normalized spacial score (nSPS) is 29.6. The van der Waals surface area contributed by atoms with Crippen LogP contribution in [0.3, 0.4) is 0 Å². The van der Waals surface area contributed by atoms with Gasteiger partial charge in [-0.15, -0.1) is 0 Å². The van der Waals surface area contributed by atoms with Crippen molar-refractivity contribution in [3.8, 4) is 0 Å². The van der Waals surface area contributed by atoms with Gasteiger partial charge in [0.2, 0.25) is 5.91 Å². The number of benzene rings is 1. The van der Waals surface area contributed by atoms with E-state index in [-0.39, 0.29) is 11.3 Å². The first-order chi connectivity index (χ1) is 8.08.